The number of amides is 1. The molecule has 1 heterocycles. The second-order valence-corrected chi connectivity index (χ2v) is 8.18. The van der Waals surface area contributed by atoms with Crippen LogP contribution < -0.4 is 5.32 Å². The number of anilines is 1. The minimum Gasteiger partial charge on any atom is -0.320 e. The summed E-state index contributed by atoms with van der Waals surface area (Å²) in [5.41, 5.74) is 1.20. The van der Waals surface area contributed by atoms with E-state index in [1.165, 1.54) is 23.5 Å². The van der Waals surface area contributed by atoms with Crippen LogP contribution >= 0.6 is 11.3 Å². The van der Waals surface area contributed by atoms with E-state index in [-0.39, 0.29) is 16.6 Å². The monoisotopic (exact) mass is 346 g/mol. The Morgan fingerprint density at radius 2 is 1.96 bits per heavy atom. The second kappa shape index (κ2) is 6.10. The first-order valence-corrected chi connectivity index (χ1v) is 9.46. The lowest BCUT2D eigenvalue weighted by atomic mass is 10.3. The quantitative estimate of drug-likeness (QED) is 0.786. The number of nitrogens with one attached hydrogen (secondary N) is 1. The highest BCUT2D eigenvalue weighted by Gasteiger charge is 2.15. The SMILES string of the molecule is CCS(=O)(=O)c1cccc(NC(=O)c2nc3ccccc3s2)c1. The molecule has 1 amide bonds. The fourth-order valence-corrected chi connectivity index (χ4v) is 3.87. The minimum absolute atomic E-state index is 0.0161. The van der Waals surface area contributed by atoms with Crippen molar-refractivity contribution in [2.45, 2.75) is 11.8 Å². The lowest BCUT2D eigenvalue weighted by Crippen LogP contribution is -2.12. The Morgan fingerprint density at radius 1 is 1.17 bits per heavy atom. The Balaban J connectivity index is 1.87. The van der Waals surface area contributed by atoms with E-state index in [9.17, 15) is 13.2 Å². The average molecular weight is 346 g/mol. The molecule has 2 aromatic carbocycles. The minimum atomic E-state index is -3.31. The summed E-state index contributed by atoms with van der Waals surface area (Å²) < 4.78 is 24.7. The van der Waals surface area contributed by atoms with Crippen molar-refractivity contribution >= 4 is 43.0 Å². The number of sulfone groups is 1. The predicted molar refractivity (Wildman–Crippen MR) is 91.7 cm³/mol. The summed E-state index contributed by atoms with van der Waals surface area (Å²) >= 11 is 1.30. The summed E-state index contributed by atoms with van der Waals surface area (Å²) in [6.45, 7) is 1.59. The fourth-order valence-electron chi connectivity index (χ4n) is 2.09. The predicted octanol–water partition coefficient (Wildman–Crippen LogP) is 3.34. The molecule has 3 rings (SSSR count). The molecule has 23 heavy (non-hydrogen) atoms. The number of hydrogen-bond donors (Lipinski definition) is 1. The third-order valence-corrected chi connectivity index (χ3v) is 6.09. The van der Waals surface area contributed by atoms with Crippen molar-refractivity contribution in [2.24, 2.45) is 0 Å². The molecule has 0 spiro atoms. The van der Waals surface area contributed by atoms with Crippen LogP contribution in [0.4, 0.5) is 5.69 Å². The van der Waals surface area contributed by atoms with Crippen LogP contribution in [0.2, 0.25) is 0 Å². The normalized spacial score (nSPS) is 11.5. The van der Waals surface area contributed by atoms with Gasteiger partial charge in [0.1, 0.15) is 0 Å². The van der Waals surface area contributed by atoms with Gasteiger partial charge in [0.25, 0.3) is 5.91 Å². The third kappa shape index (κ3) is 3.25. The van der Waals surface area contributed by atoms with Gasteiger partial charge in [0.2, 0.25) is 0 Å². The molecule has 3 aromatic rings. The maximum atomic E-state index is 12.3. The Kier molecular flexibility index (Phi) is 4.14. The van der Waals surface area contributed by atoms with Crippen LogP contribution in [0.25, 0.3) is 10.2 Å². The molecular formula is C16H14N2O3S2. The van der Waals surface area contributed by atoms with Crippen molar-refractivity contribution in [3.63, 3.8) is 0 Å². The van der Waals surface area contributed by atoms with Crippen LogP contribution in [-0.4, -0.2) is 25.1 Å². The van der Waals surface area contributed by atoms with Crippen LogP contribution in [-0.2, 0) is 9.84 Å². The molecule has 0 bridgehead atoms. The van der Waals surface area contributed by atoms with Crippen LogP contribution in [0.1, 0.15) is 16.7 Å². The summed E-state index contributed by atoms with van der Waals surface area (Å²) in [5, 5.41) is 3.04. The van der Waals surface area contributed by atoms with Gasteiger partial charge in [-0.15, -0.1) is 11.3 Å². The number of para-hydroxylation sites is 1. The molecule has 0 atom stereocenters. The van der Waals surface area contributed by atoms with Gasteiger partial charge in [-0.25, -0.2) is 13.4 Å². The molecule has 0 aliphatic rings. The van der Waals surface area contributed by atoms with E-state index < -0.39 is 9.84 Å². The van der Waals surface area contributed by atoms with Crippen molar-refractivity contribution in [1.29, 1.82) is 0 Å². The molecule has 0 aliphatic heterocycles. The number of rotatable bonds is 4. The van der Waals surface area contributed by atoms with Crippen molar-refractivity contribution in [3.05, 3.63) is 53.5 Å². The maximum Gasteiger partial charge on any atom is 0.284 e. The van der Waals surface area contributed by atoms with Gasteiger partial charge < -0.3 is 5.32 Å². The van der Waals surface area contributed by atoms with Crippen molar-refractivity contribution < 1.29 is 13.2 Å². The molecule has 0 aliphatic carbocycles. The molecule has 5 nitrogen and oxygen atoms in total. The van der Waals surface area contributed by atoms with E-state index in [0.29, 0.717) is 10.7 Å². The average Bonchev–Trinajstić information content (AvgIpc) is 2.99. The van der Waals surface area contributed by atoms with E-state index >= 15 is 0 Å². The largest absolute Gasteiger partial charge is 0.320 e. The number of fused-ring (bicyclic) bond motifs is 1. The van der Waals surface area contributed by atoms with Gasteiger partial charge >= 0.3 is 0 Å². The van der Waals surface area contributed by atoms with E-state index in [2.05, 4.69) is 10.3 Å². The number of thiazole rings is 1. The Hall–Kier alpha value is -2.25. The molecule has 0 unspecified atom stereocenters. The first-order chi connectivity index (χ1) is 11.0. The van der Waals surface area contributed by atoms with E-state index in [0.717, 1.165) is 10.2 Å². The molecule has 0 radical (unpaired) electrons. The van der Waals surface area contributed by atoms with E-state index in [1.807, 2.05) is 24.3 Å². The molecule has 1 aromatic heterocycles. The van der Waals surface area contributed by atoms with Gasteiger partial charge in [0.15, 0.2) is 14.8 Å². The highest BCUT2D eigenvalue weighted by molar-refractivity contribution is 7.91. The van der Waals surface area contributed by atoms with Crippen LogP contribution in [0.5, 0.6) is 0 Å². The first kappa shape index (κ1) is 15.6. The zero-order chi connectivity index (χ0) is 16.4. The van der Waals surface area contributed by atoms with Gasteiger partial charge in [0.05, 0.1) is 20.9 Å². The van der Waals surface area contributed by atoms with Crippen LogP contribution in [0.3, 0.4) is 0 Å². The van der Waals surface area contributed by atoms with Crippen molar-refractivity contribution in [3.8, 4) is 0 Å². The van der Waals surface area contributed by atoms with Gasteiger partial charge in [0, 0.05) is 5.69 Å². The molecular weight excluding hydrogens is 332 g/mol. The number of hydrogen-bond acceptors (Lipinski definition) is 5. The summed E-state index contributed by atoms with van der Waals surface area (Å²) in [7, 11) is -3.31. The summed E-state index contributed by atoms with van der Waals surface area (Å²) in [6, 6.07) is 13.7. The standard InChI is InChI=1S/C16H14N2O3S2/c1-2-23(20,21)12-7-5-6-11(10-12)17-15(19)16-18-13-8-3-4-9-14(13)22-16/h3-10H,2H2,1H3,(H,17,19). The number of carbonyl (C=O) groups excluding carboxylic acids is 1. The Morgan fingerprint density at radius 3 is 2.70 bits per heavy atom. The third-order valence-electron chi connectivity index (χ3n) is 3.32. The summed E-state index contributed by atoms with van der Waals surface area (Å²) in [4.78, 5) is 16.8. The lowest BCUT2D eigenvalue weighted by molar-refractivity contribution is 0.102. The maximum absolute atomic E-state index is 12.3. The lowest BCUT2D eigenvalue weighted by Gasteiger charge is -2.06. The molecule has 0 saturated heterocycles. The highest BCUT2D eigenvalue weighted by atomic mass is 32.2. The van der Waals surface area contributed by atoms with Crippen molar-refractivity contribution in [1.82, 2.24) is 4.98 Å². The smallest absolute Gasteiger partial charge is 0.284 e. The Bertz CT molecular complexity index is 945. The fraction of sp³-hybridized carbons (Fsp3) is 0.125. The van der Waals surface area contributed by atoms with E-state index in [1.54, 1.807) is 19.1 Å². The molecule has 0 fully saturated rings. The van der Waals surface area contributed by atoms with Gasteiger partial charge in [-0.2, -0.15) is 0 Å². The first-order valence-electron chi connectivity index (χ1n) is 6.99. The number of benzene rings is 2. The summed E-state index contributed by atoms with van der Waals surface area (Å²) in [5.74, 6) is -0.334. The van der Waals surface area contributed by atoms with Gasteiger partial charge in [-0.05, 0) is 30.3 Å². The van der Waals surface area contributed by atoms with Gasteiger partial charge in [-0.1, -0.05) is 25.1 Å². The summed E-state index contributed by atoms with van der Waals surface area (Å²) in [6.07, 6.45) is 0. The highest BCUT2D eigenvalue weighted by Crippen LogP contribution is 2.23. The van der Waals surface area contributed by atoms with Crippen LogP contribution in [0, 0.1) is 0 Å². The molecule has 118 valence electrons. The number of nitrogens with zero attached hydrogens (tertiary/aromatic N) is 1. The topological polar surface area (TPSA) is 76.1 Å². The zero-order valence-corrected chi connectivity index (χ0v) is 13.9. The van der Waals surface area contributed by atoms with Crippen molar-refractivity contribution in [2.75, 3.05) is 11.1 Å². The Labute approximate surface area is 137 Å². The molecule has 7 heteroatoms. The molecule has 1 N–H and O–H groups in total. The number of aromatic nitrogens is 1. The van der Waals surface area contributed by atoms with Crippen LogP contribution in [0.15, 0.2) is 53.4 Å². The second-order valence-electron chi connectivity index (χ2n) is 4.87. The zero-order valence-electron chi connectivity index (χ0n) is 12.3. The molecule has 0 saturated carbocycles. The number of carbonyl (C=O) groups is 1. The van der Waals surface area contributed by atoms with Gasteiger partial charge in [-0.3, -0.25) is 4.79 Å². The van der Waals surface area contributed by atoms with E-state index in [4.69, 9.17) is 0 Å².